The summed E-state index contributed by atoms with van der Waals surface area (Å²) in [4.78, 5) is 20.8. The Kier molecular flexibility index (Phi) is 3.93. The number of aryl methyl sites for hydroxylation is 1. The number of aromatic nitrogens is 2. The van der Waals surface area contributed by atoms with Crippen LogP contribution in [0.2, 0.25) is 5.28 Å². The van der Waals surface area contributed by atoms with E-state index in [1.54, 1.807) is 6.92 Å². The number of hydrogen-bond acceptors (Lipinski definition) is 4. The summed E-state index contributed by atoms with van der Waals surface area (Å²) < 4.78 is 0. The summed E-state index contributed by atoms with van der Waals surface area (Å²) in [5.74, 6) is 0.613. The predicted octanol–water partition coefficient (Wildman–Crippen LogP) is 2.24. The van der Waals surface area contributed by atoms with E-state index in [0.717, 1.165) is 0 Å². The fourth-order valence-electron chi connectivity index (χ4n) is 1.31. The van der Waals surface area contributed by atoms with Crippen LogP contribution in [0.25, 0.3) is 0 Å². The molecule has 0 radical (unpaired) electrons. The molecule has 1 N–H and O–H groups in total. The van der Waals surface area contributed by atoms with Crippen molar-refractivity contribution in [1.82, 2.24) is 9.97 Å². The molecule has 6 heteroatoms. The molecule has 0 saturated carbocycles. The first-order valence-corrected chi connectivity index (χ1v) is 5.63. The molecule has 1 aromatic heterocycles. The summed E-state index contributed by atoms with van der Waals surface area (Å²) in [6.07, 6.45) is 0.611. The van der Waals surface area contributed by atoms with Gasteiger partial charge in [-0.1, -0.05) is 0 Å². The highest BCUT2D eigenvalue weighted by Gasteiger charge is 2.23. The molecule has 0 unspecified atom stereocenters. The molecular weight excluding hydrogens is 240 g/mol. The summed E-state index contributed by atoms with van der Waals surface area (Å²) in [5.41, 5.74) is 1.09. The van der Waals surface area contributed by atoms with E-state index in [4.69, 9.17) is 11.6 Å². The molecule has 0 aliphatic carbocycles. The van der Waals surface area contributed by atoms with E-state index in [2.05, 4.69) is 15.3 Å². The number of halogens is 1. The van der Waals surface area contributed by atoms with Crippen molar-refractivity contribution in [3.63, 3.8) is 0 Å². The van der Waals surface area contributed by atoms with Gasteiger partial charge in [-0.3, -0.25) is 4.79 Å². The van der Waals surface area contributed by atoms with Crippen LogP contribution in [0.15, 0.2) is 0 Å². The molecule has 0 aliphatic rings. The maximum atomic E-state index is 10.6. The lowest BCUT2D eigenvalue weighted by Gasteiger charge is -2.34. The minimum atomic E-state index is -0.135. The van der Waals surface area contributed by atoms with Gasteiger partial charge in [-0.05, 0) is 39.3 Å². The summed E-state index contributed by atoms with van der Waals surface area (Å²) in [7, 11) is 1.90. The third-order valence-corrected chi connectivity index (χ3v) is 2.74. The van der Waals surface area contributed by atoms with Gasteiger partial charge in [-0.15, -0.1) is 0 Å². The fourth-order valence-corrected chi connectivity index (χ4v) is 1.52. The Balaban J connectivity index is 3.34. The number of nitrogens with zero attached hydrogens (tertiary/aromatic N) is 3. The quantitative estimate of drug-likeness (QED) is 0.666. The van der Waals surface area contributed by atoms with Gasteiger partial charge >= 0.3 is 0 Å². The van der Waals surface area contributed by atoms with Crippen molar-refractivity contribution in [3.8, 4) is 0 Å². The number of carbonyl (C=O) groups excluding carboxylic acids is 1. The average Bonchev–Trinajstić information content (AvgIpc) is 2.19. The molecule has 0 saturated heterocycles. The molecule has 1 amide bonds. The molecule has 5 nitrogen and oxygen atoms in total. The van der Waals surface area contributed by atoms with Crippen LogP contribution >= 0.6 is 11.6 Å². The second kappa shape index (κ2) is 4.87. The lowest BCUT2D eigenvalue weighted by molar-refractivity contribution is -0.105. The Bertz CT molecular complexity index is 428. The zero-order chi connectivity index (χ0) is 13.2. The molecule has 0 aromatic carbocycles. The number of carbonyl (C=O) groups is 1. The molecule has 0 spiro atoms. The Hall–Kier alpha value is -1.36. The van der Waals surface area contributed by atoms with E-state index in [-0.39, 0.29) is 10.8 Å². The topological polar surface area (TPSA) is 58.1 Å². The van der Waals surface area contributed by atoms with Crippen molar-refractivity contribution in [3.05, 3.63) is 11.0 Å². The zero-order valence-electron chi connectivity index (χ0n) is 10.7. The van der Waals surface area contributed by atoms with E-state index < -0.39 is 0 Å². The second-order valence-corrected chi connectivity index (χ2v) is 5.11. The average molecular weight is 257 g/mol. The largest absolute Gasteiger partial charge is 0.353 e. The van der Waals surface area contributed by atoms with Crippen LogP contribution in [0.4, 0.5) is 11.5 Å². The highest BCUT2D eigenvalue weighted by Crippen LogP contribution is 2.30. The SMILES string of the molecule is Cc1nc(Cl)nc(N(C)C(C)(C)C)c1NC=O. The Morgan fingerprint density at radius 3 is 2.41 bits per heavy atom. The Morgan fingerprint density at radius 2 is 1.94 bits per heavy atom. The molecule has 0 bridgehead atoms. The maximum Gasteiger partial charge on any atom is 0.224 e. The number of hydrogen-bond donors (Lipinski definition) is 1. The van der Waals surface area contributed by atoms with Crippen molar-refractivity contribution < 1.29 is 4.79 Å². The van der Waals surface area contributed by atoms with Crippen LogP contribution in [0.1, 0.15) is 26.5 Å². The van der Waals surface area contributed by atoms with Crippen LogP contribution < -0.4 is 10.2 Å². The van der Waals surface area contributed by atoms with Gasteiger partial charge in [-0.2, -0.15) is 4.98 Å². The van der Waals surface area contributed by atoms with E-state index in [9.17, 15) is 4.79 Å². The van der Waals surface area contributed by atoms with Crippen molar-refractivity contribution in [2.24, 2.45) is 0 Å². The fraction of sp³-hybridized carbons (Fsp3) is 0.545. The maximum absolute atomic E-state index is 10.6. The predicted molar refractivity (Wildman–Crippen MR) is 69.6 cm³/mol. The van der Waals surface area contributed by atoms with Crippen molar-refractivity contribution >= 4 is 29.5 Å². The van der Waals surface area contributed by atoms with Gasteiger partial charge in [0.25, 0.3) is 0 Å². The number of amides is 1. The zero-order valence-corrected chi connectivity index (χ0v) is 11.5. The first-order valence-electron chi connectivity index (χ1n) is 5.25. The van der Waals surface area contributed by atoms with E-state index in [1.165, 1.54) is 0 Å². The van der Waals surface area contributed by atoms with Crippen molar-refractivity contribution in [2.45, 2.75) is 33.2 Å². The first-order chi connectivity index (χ1) is 7.77. The molecule has 1 heterocycles. The molecular formula is C11H17ClN4O. The second-order valence-electron chi connectivity index (χ2n) is 4.77. The van der Waals surface area contributed by atoms with Gasteiger partial charge in [0.2, 0.25) is 11.7 Å². The van der Waals surface area contributed by atoms with Gasteiger partial charge in [0.1, 0.15) is 5.69 Å². The monoisotopic (exact) mass is 256 g/mol. The van der Waals surface area contributed by atoms with Gasteiger partial charge < -0.3 is 10.2 Å². The summed E-state index contributed by atoms with van der Waals surface area (Å²) in [6, 6.07) is 0. The minimum absolute atomic E-state index is 0.135. The third-order valence-electron chi connectivity index (χ3n) is 2.57. The highest BCUT2D eigenvalue weighted by molar-refractivity contribution is 6.28. The summed E-state index contributed by atoms with van der Waals surface area (Å²) in [5, 5.41) is 2.79. The molecule has 94 valence electrons. The standard InChI is InChI=1S/C11H17ClN4O/c1-7-8(13-6-17)9(15-10(12)14-7)16(5)11(2,3)4/h6H,1-5H3,(H,13,17). The molecule has 0 fully saturated rings. The van der Waals surface area contributed by atoms with Gasteiger partial charge in [0.15, 0.2) is 5.82 Å². The molecule has 1 rings (SSSR count). The number of rotatable bonds is 3. The molecule has 17 heavy (non-hydrogen) atoms. The molecule has 0 atom stereocenters. The third kappa shape index (κ3) is 3.06. The Labute approximate surface area is 106 Å². The van der Waals surface area contributed by atoms with E-state index in [0.29, 0.717) is 23.6 Å². The van der Waals surface area contributed by atoms with Gasteiger partial charge in [0.05, 0.1) is 5.69 Å². The molecule has 0 aliphatic heterocycles. The van der Waals surface area contributed by atoms with Gasteiger partial charge in [-0.25, -0.2) is 4.98 Å². The lowest BCUT2D eigenvalue weighted by atomic mass is 10.1. The number of nitrogens with one attached hydrogen (secondary N) is 1. The minimum Gasteiger partial charge on any atom is -0.353 e. The van der Waals surface area contributed by atoms with Crippen LogP contribution in [0.5, 0.6) is 0 Å². The smallest absolute Gasteiger partial charge is 0.224 e. The first kappa shape index (κ1) is 13.7. The number of anilines is 2. The van der Waals surface area contributed by atoms with Crippen LogP contribution in [-0.2, 0) is 4.79 Å². The lowest BCUT2D eigenvalue weighted by Crippen LogP contribution is -2.39. The normalized spacial score (nSPS) is 11.2. The van der Waals surface area contributed by atoms with Crippen LogP contribution in [-0.4, -0.2) is 29.0 Å². The summed E-state index contributed by atoms with van der Waals surface area (Å²) in [6.45, 7) is 7.91. The van der Waals surface area contributed by atoms with E-state index in [1.807, 2.05) is 32.7 Å². The van der Waals surface area contributed by atoms with Crippen molar-refractivity contribution in [2.75, 3.05) is 17.3 Å². The van der Waals surface area contributed by atoms with Gasteiger partial charge in [0, 0.05) is 12.6 Å². The highest BCUT2D eigenvalue weighted by atomic mass is 35.5. The van der Waals surface area contributed by atoms with Crippen molar-refractivity contribution in [1.29, 1.82) is 0 Å². The molecule has 1 aromatic rings. The summed E-state index contributed by atoms with van der Waals surface area (Å²) >= 11 is 5.85. The Morgan fingerprint density at radius 1 is 1.35 bits per heavy atom. The van der Waals surface area contributed by atoms with Crippen LogP contribution in [0.3, 0.4) is 0 Å². The van der Waals surface area contributed by atoms with Crippen LogP contribution in [0, 0.1) is 6.92 Å². The van der Waals surface area contributed by atoms with E-state index >= 15 is 0 Å².